The fourth-order valence-electron chi connectivity index (χ4n) is 4.03. The summed E-state index contributed by atoms with van der Waals surface area (Å²) in [6.07, 6.45) is 2.53. The lowest BCUT2D eigenvalue weighted by molar-refractivity contribution is 0.0116. The van der Waals surface area contributed by atoms with Crippen molar-refractivity contribution in [1.82, 2.24) is 4.90 Å². The molecule has 1 amide bonds. The van der Waals surface area contributed by atoms with E-state index < -0.39 is 17.2 Å². The van der Waals surface area contributed by atoms with E-state index in [0.29, 0.717) is 24.6 Å². The van der Waals surface area contributed by atoms with Crippen molar-refractivity contribution in [1.29, 1.82) is 0 Å². The van der Waals surface area contributed by atoms with Gasteiger partial charge < -0.3 is 14.4 Å². The fourth-order valence-corrected chi connectivity index (χ4v) is 4.20. The van der Waals surface area contributed by atoms with Gasteiger partial charge in [0.15, 0.2) is 5.82 Å². The summed E-state index contributed by atoms with van der Waals surface area (Å²) >= 11 is 5.75. The van der Waals surface area contributed by atoms with Crippen LogP contribution in [-0.2, 0) is 17.8 Å². The van der Waals surface area contributed by atoms with Gasteiger partial charge in [0.25, 0.3) is 0 Å². The predicted molar refractivity (Wildman–Crippen MR) is 114 cm³/mol. The number of benzene rings is 2. The van der Waals surface area contributed by atoms with E-state index in [1.807, 2.05) is 37.8 Å². The number of nitrogens with zero attached hydrogens (tertiary/aromatic N) is 1. The van der Waals surface area contributed by atoms with Crippen LogP contribution in [0.4, 0.5) is 13.6 Å². The molecule has 0 N–H and O–H groups in total. The molecule has 2 aromatic carbocycles. The summed E-state index contributed by atoms with van der Waals surface area (Å²) in [6.45, 7) is 5.90. The highest BCUT2D eigenvalue weighted by Gasteiger charge is 2.42. The van der Waals surface area contributed by atoms with Crippen LogP contribution >= 0.6 is 11.6 Å². The van der Waals surface area contributed by atoms with E-state index in [1.165, 1.54) is 6.07 Å². The number of hydrogen-bond donors (Lipinski definition) is 0. The van der Waals surface area contributed by atoms with Crippen LogP contribution in [0.5, 0.6) is 5.75 Å². The lowest BCUT2D eigenvalue weighted by Gasteiger charge is -2.38. The normalized spacial score (nSPS) is 18.5. The molecule has 4 rings (SSSR count). The van der Waals surface area contributed by atoms with Crippen LogP contribution in [-0.4, -0.2) is 23.1 Å². The van der Waals surface area contributed by atoms with Gasteiger partial charge in [-0.3, -0.25) is 0 Å². The van der Waals surface area contributed by atoms with Crippen molar-refractivity contribution >= 4 is 17.7 Å². The molecule has 0 unspecified atom stereocenters. The van der Waals surface area contributed by atoms with Gasteiger partial charge in [0.1, 0.15) is 23.8 Å². The summed E-state index contributed by atoms with van der Waals surface area (Å²) in [6, 6.07) is 7.93. The first kappa shape index (κ1) is 21.9. The summed E-state index contributed by atoms with van der Waals surface area (Å²) < 4.78 is 39.4. The lowest BCUT2D eigenvalue weighted by Crippen LogP contribution is -2.43. The van der Waals surface area contributed by atoms with E-state index >= 15 is 0 Å². The topological polar surface area (TPSA) is 38.8 Å². The van der Waals surface area contributed by atoms with Crippen molar-refractivity contribution in [2.45, 2.75) is 58.3 Å². The van der Waals surface area contributed by atoms with Crippen molar-refractivity contribution in [3.63, 3.8) is 0 Å². The lowest BCUT2D eigenvalue weighted by atomic mass is 9.90. The van der Waals surface area contributed by atoms with Crippen molar-refractivity contribution in [2.24, 2.45) is 5.92 Å². The number of carbonyl (C=O) groups excluding carboxylic acids is 1. The molecule has 166 valence electrons. The van der Waals surface area contributed by atoms with E-state index in [-0.39, 0.29) is 29.3 Å². The molecule has 2 aliphatic rings. The highest BCUT2D eigenvalue weighted by molar-refractivity contribution is 6.30. The number of halogens is 3. The SMILES string of the molecule is CC(C)(C)OC(=O)N1CCc2cc(OCc3c(F)ccc(Cl)c3F)ccc2[C@@H]1C1CC1. The summed E-state index contributed by atoms with van der Waals surface area (Å²) in [7, 11) is 0. The second-order valence-electron chi connectivity index (χ2n) is 9.18. The Morgan fingerprint density at radius 2 is 1.94 bits per heavy atom. The number of amides is 1. The average Bonchev–Trinajstić information content (AvgIpc) is 3.53. The van der Waals surface area contributed by atoms with Crippen LogP contribution in [0.1, 0.15) is 56.3 Å². The first-order valence-electron chi connectivity index (χ1n) is 10.5. The van der Waals surface area contributed by atoms with Gasteiger partial charge in [-0.25, -0.2) is 13.6 Å². The molecule has 31 heavy (non-hydrogen) atoms. The Bertz CT molecular complexity index is 1000. The fraction of sp³-hybridized carbons (Fsp3) is 0.458. The molecule has 1 fully saturated rings. The van der Waals surface area contributed by atoms with Gasteiger partial charge in [0, 0.05) is 6.54 Å². The maximum absolute atomic E-state index is 14.1. The van der Waals surface area contributed by atoms with Crippen molar-refractivity contribution in [3.8, 4) is 5.75 Å². The van der Waals surface area contributed by atoms with Crippen LogP contribution in [0.15, 0.2) is 30.3 Å². The van der Waals surface area contributed by atoms with Gasteiger partial charge in [-0.1, -0.05) is 17.7 Å². The average molecular weight is 450 g/mol. The van der Waals surface area contributed by atoms with E-state index in [1.54, 1.807) is 6.07 Å². The third-order valence-electron chi connectivity index (χ3n) is 5.61. The molecule has 4 nitrogen and oxygen atoms in total. The van der Waals surface area contributed by atoms with Gasteiger partial charge in [0.2, 0.25) is 0 Å². The summed E-state index contributed by atoms with van der Waals surface area (Å²) in [5, 5.41) is -0.139. The molecular weight excluding hydrogens is 424 g/mol. The monoisotopic (exact) mass is 449 g/mol. The largest absolute Gasteiger partial charge is 0.489 e. The first-order valence-corrected chi connectivity index (χ1v) is 10.9. The van der Waals surface area contributed by atoms with Crippen molar-refractivity contribution in [3.05, 3.63) is 63.7 Å². The van der Waals surface area contributed by atoms with E-state index in [0.717, 1.165) is 30.0 Å². The molecule has 1 saturated carbocycles. The van der Waals surface area contributed by atoms with Crippen molar-refractivity contribution < 1.29 is 23.0 Å². The Kier molecular flexibility index (Phi) is 5.86. The molecular formula is C24H26ClF2NO3. The molecule has 2 aromatic rings. The maximum atomic E-state index is 14.1. The molecule has 1 aliphatic heterocycles. The Hall–Kier alpha value is -2.34. The minimum Gasteiger partial charge on any atom is -0.489 e. The smallest absolute Gasteiger partial charge is 0.410 e. The zero-order valence-electron chi connectivity index (χ0n) is 17.9. The van der Waals surface area contributed by atoms with E-state index in [9.17, 15) is 13.6 Å². The molecule has 1 aliphatic carbocycles. The molecule has 1 atom stereocenters. The van der Waals surface area contributed by atoms with Gasteiger partial charge in [-0.2, -0.15) is 0 Å². The van der Waals surface area contributed by atoms with Gasteiger partial charge in [0.05, 0.1) is 16.6 Å². The zero-order chi connectivity index (χ0) is 22.3. The van der Waals surface area contributed by atoms with Gasteiger partial charge in [-0.15, -0.1) is 0 Å². The highest BCUT2D eigenvalue weighted by atomic mass is 35.5. The van der Waals surface area contributed by atoms with Crippen molar-refractivity contribution in [2.75, 3.05) is 6.54 Å². The minimum atomic E-state index is -0.804. The Morgan fingerprint density at radius 1 is 1.19 bits per heavy atom. The van der Waals surface area contributed by atoms with E-state index in [2.05, 4.69) is 0 Å². The Labute approximate surface area is 186 Å². The molecule has 0 radical (unpaired) electrons. The molecule has 1 heterocycles. The Balaban J connectivity index is 1.53. The van der Waals surface area contributed by atoms with Crippen LogP contribution in [0.3, 0.4) is 0 Å². The molecule has 7 heteroatoms. The van der Waals surface area contributed by atoms with Crippen LogP contribution in [0.2, 0.25) is 5.02 Å². The molecule has 0 aromatic heterocycles. The summed E-state index contributed by atoms with van der Waals surface area (Å²) in [5.74, 6) is -0.547. The molecule has 0 spiro atoms. The second kappa shape index (κ2) is 8.30. The quantitative estimate of drug-likeness (QED) is 0.504. The first-order chi connectivity index (χ1) is 14.6. The second-order valence-corrected chi connectivity index (χ2v) is 9.58. The van der Waals surface area contributed by atoms with Gasteiger partial charge >= 0.3 is 6.09 Å². The Morgan fingerprint density at radius 3 is 2.61 bits per heavy atom. The van der Waals surface area contributed by atoms with Crippen LogP contribution < -0.4 is 4.74 Å². The van der Waals surface area contributed by atoms with E-state index in [4.69, 9.17) is 21.1 Å². The minimum absolute atomic E-state index is 0.0181. The van der Waals surface area contributed by atoms with Crippen LogP contribution in [0.25, 0.3) is 0 Å². The van der Waals surface area contributed by atoms with Gasteiger partial charge in [-0.05, 0) is 81.3 Å². The number of rotatable bonds is 4. The third kappa shape index (κ3) is 4.79. The molecule has 0 saturated heterocycles. The standard InChI is InChI=1S/C24H26ClF2NO3/c1-24(2,3)31-23(29)28-11-10-15-12-16(6-7-17(15)22(28)14-4-5-14)30-13-18-20(26)9-8-19(25)21(18)27/h6-9,12,14,22H,4-5,10-11,13H2,1-3H3/t22-/m0/s1. The number of hydrogen-bond acceptors (Lipinski definition) is 3. The third-order valence-corrected chi connectivity index (χ3v) is 5.90. The number of carbonyl (C=O) groups is 1. The zero-order valence-corrected chi connectivity index (χ0v) is 18.6. The predicted octanol–water partition coefficient (Wildman–Crippen LogP) is 6.44. The number of fused-ring (bicyclic) bond motifs is 1. The molecule has 0 bridgehead atoms. The van der Waals surface area contributed by atoms with Crippen LogP contribution in [0, 0.1) is 17.6 Å². The highest BCUT2D eigenvalue weighted by Crippen LogP contribution is 2.48. The number of ether oxygens (including phenoxy) is 2. The maximum Gasteiger partial charge on any atom is 0.410 e. The summed E-state index contributed by atoms with van der Waals surface area (Å²) in [5.41, 5.74) is 1.43. The summed E-state index contributed by atoms with van der Waals surface area (Å²) in [4.78, 5) is 14.6.